The molecule has 2 aliphatic rings. The van der Waals surface area contributed by atoms with Gasteiger partial charge >= 0.3 is 6.18 Å². The predicted molar refractivity (Wildman–Crippen MR) is 79.4 cm³/mol. The smallest absolute Gasteiger partial charge is 0.344 e. The Morgan fingerprint density at radius 3 is 2.35 bits per heavy atom. The van der Waals surface area contributed by atoms with Crippen molar-refractivity contribution in [1.82, 2.24) is 10.2 Å². The molecule has 2 aliphatic heterocycles. The molecule has 1 N–H and O–H groups in total. The number of amides is 2. The molecule has 2 amide bonds. The van der Waals surface area contributed by atoms with E-state index in [1.807, 2.05) is 11.4 Å². The van der Waals surface area contributed by atoms with Crippen molar-refractivity contribution in [3.8, 4) is 0 Å². The number of carbonyl (C=O) groups excluding carboxylic acids is 2. The lowest BCUT2D eigenvalue weighted by atomic mass is 9.82. The third-order valence-electron chi connectivity index (χ3n) is 4.55. The number of nitrogens with one attached hydrogen (secondary N) is 1. The van der Waals surface area contributed by atoms with E-state index in [0.717, 1.165) is 6.42 Å². The number of nitrogens with zero attached hydrogens (tertiary/aromatic N) is 1. The molecule has 0 bridgehead atoms. The van der Waals surface area contributed by atoms with Crippen LogP contribution in [0.15, 0.2) is 11.6 Å². The van der Waals surface area contributed by atoms with Crippen LogP contribution in [0.5, 0.6) is 0 Å². The molecular formula is C16H23F3N2O2. The first-order chi connectivity index (χ1) is 10.5. The summed E-state index contributed by atoms with van der Waals surface area (Å²) in [6.07, 6.45) is -2.04. The molecule has 2 rings (SSSR count). The van der Waals surface area contributed by atoms with E-state index in [1.54, 1.807) is 4.90 Å². The van der Waals surface area contributed by atoms with Crippen LogP contribution in [-0.4, -0.2) is 42.0 Å². The van der Waals surface area contributed by atoms with Crippen molar-refractivity contribution in [2.24, 2.45) is 11.3 Å². The second kappa shape index (κ2) is 6.17. The van der Waals surface area contributed by atoms with Gasteiger partial charge in [-0.2, -0.15) is 13.2 Å². The highest BCUT2D eigenvalue weighted by molar-refractivity contribution is 6.01. The van der Waals surface area contributed by atoms with Gasteiger partial charge in [-0.15, -0.1) is 0 Å². The van der Waals surface area contributed by atoms with Crippen molar-refractivity contribution in [1.29, 1.82) is 0 Å². The van der Waals surface area contributed by atoms with Crippen LogP contribution in [0.4, 0.5) is 13.2 Å². The molecule has 0 unspecified atom stereocenters. The molecule has 1 fully saturated rings. The van der Waals surface area contributed by atoms with Crippen LogP contribution < -0.4 is 5.32 Å². The monoisotopic (exact) mass is 332 g/mol. The lowest BCUT2D eigenvalue weighted by Gasteiger charge is -2.36. The molecule has 0 aromatic heterocycles. The maximum atomic E-state index is 12.6. The molecule has 0 aliphatic carbocycles. The van der Waals surface area contributed by atoms with Crippen molar-refractivity contribution in [3.63, 3.8) is 0 Å². The molecule has 1 saturated heterocycles. The minimum Gasteiger partial charge on any atom is -0.344 e. The van der Waals surface area contributed by atoms with Gasteiger partial charge in [0.05, 0.1) is 0 Å². The fraction of sp³-hybridized carbons (Fsp3) is 0.750. The normalized spacial score (nSPS) is 26.6. The number of hydrogen-bond donors (Lipinski definition) is 1. The van der Waals surface area contributed by atoms with Gasteiger partial charge in [0.25, 0.3) is 0 Å². The summed E-state index contributed by atoms with van der Waals surface area (Å²) in [4.78, 5) is 25.9. The van der Waals surface area contributed by atoms with Gasteiger partial charge in [0.1, 0.15) is 12.0 Å². The quantitative estimate of drug-likeness (QED) is 0.593. The molecule has 0 radical (unpaired) electrons. The molecule has 7 heteroatoms. The Hall–Kier alpha value is -1.53. The first-order valence-electron chi connectivity index (χ1n) is 7.85. The van der Waals surface area contributed by atoms with Gasteiger partial charge in [0.2, 0.25) is 11.8 Å². The molecule has 4 nitrogen and oxygen atoms in total. The number of halogens is 3. The van der Waals surface area contributed by atoms with Crippen molar-refractivity contribution < 1.29 is 22.8 Å². The highest BCUT2D eigenvalue weighted by Gasteiger charge is 2.46. The Morgan fingerprint density at radius 2 is 1.91 bits per heavy atom. The van der Waals surface area contributed by atoms with Crippen LogP contribution in [0.25, 0.3) is 0 Å². The fourth-order valence-electron chi connectivity index (χ4n) is 3.06. The first-order valence-corrected chi connectivity index (χ1v) is 7.85. The second-order valence-corrected chi connectivity index (χ2v) is 7.25. The number of alkyl halides is 3. The van der Waals surface area contributed by atoms with E-state index in [9.17, 15) is 22.8 Å². The number of rotatable bonds is 1. The second-order valence-electron chi connectivity index (χ2n) is 7.25. The first kappa shape index (κ1) is 17.8. The zero-order valence-electron chi connectivity index (χ0n) is 13.7. The van der Waals surface area contributed by atoms with Crippen LogP contribution in [0.3, 0.4) is 0 Å². The van der Waals surface area contributed by atoms with Crippen LogP contribution in [0.1, 0.15) is 40.0 Å². The van der Waals surface area contributed by atoms with Gasteiger partial charge in [-0.1, -0.05) is 32.4 Å². The average Bonchev–Trinajstić information content (AvgIpc) is 2.45. The van der Waals surface area contributed by atoms with E-state index < -0.39 is 24.0 Å². The molecule has 23 heavy (non-hydrogen) atoms. The maximum absolute atomic E-state index is 12.6. The zero-order chi connectivity index (χ0) is 17.4. The van der Waals surface area contributed by atoms with Crippen molar-refractivity contribution in [2.45, 2.75) is 52.3 Å². The van der Waals surface area contributed by atoms with Crippen molar-refractivity contribution in [2.75, 3.05) is 13.1 Å². The molecule has 2 heterocycles. The van der Waals surface area contributed by atoms with Gasteiger partial charge in [-0.3, -0.25) is 9.59 Å². The SMILES string of the molecule is CC(C)(C)C1=CCN(C(=O)[C@@H]2CC[C@H](C(F)(F)F)NC2=O)CC1. The van der Waals surface area contributed by atoms with E-state index >= 15 is 0 Å². The lowest BCUT2D eigenvalue weighted by molar-refractivity contribution is -0.172. The summed E-state index contributed by atoms with van der Waals surface area (Å²) in [7, 11) is 0. The summed E-state index contributed by atoms with van der Waals surface area (Å²) < 4.78 is 37.9. The third kappa shape index (κ3) is 4.06. The topological polar surface area (TPSA) is 49.4 Å². The lowest BCUT2D eigenvalue weighted by Crippen LogP contribution is -2.55. The molecule has 0 aromatic carbocycles. The predicted octanol–water partition coefficient (Wildman–Crippen LogP) is 2.65. The highest BCUT2D eigenvalue weighted by Crippen LogP contribution is 2.32. The zero-order valence-corrected chi connectivity index (χ0v) is 13.7. The number of piperidine rings is 1. The van der Waals surface area contributed by atoms with Crippen LogP contribution in [0, 0.1) is 11.3 Å². The maximum Gasteiger partial charge on any atom is 0.408 e. The van der Waals surface area contributed by atoms with Gasteiger partial charge < -0.3 is 10.2 Å². The molecular weight excluding hydrogens is 309 g/mol. The van der Waals surface area contributed by atoms with E-state index in [4.69, 9.17) is 0 Å². The Kier molecular flexibility index (Phi) is 4.78. The van der Waals surface area contributed by atoms with Gasteiger partial charge in [0, 0.05) is 13.1 Å². The van der Waals surface area contributed by atoms with Crippen LogP contribution in [-0.2, 0) is 9.59 Å². The van der Waals surface area contributed by atoms with Crippen LogP contribution in [0.2, 0.25) is 0 Å². The fourth-order valence-corrected chi connectivity index (χ4v) is 3.06. The largest absolute Gasteiger partial charge is 0.408 e. The minimum absolute atomic E-state index is 0.0390. The molecule has 0 spiro atoms. The summed E-state index contributed by atoms with van der Waals surface area (Å²) in [6, 6.07) is -1.84. The summed E-state index contributed by atoms with van der Waals surface area (Å²) in [5.74, 6) is -2.18. The molecule has 0 aromatic rings. The Balaban J connectivity index is 1.98. The van der Waals surface area contributed by atoms with Crippen LogP contribution >= 0.6 is 0 Å². The number of carbonyl (C=O) groups is 2. The molecule has 130 valence electrons. The summed E-state index contributed by atoms with van der Waals surface area (Å²) in [5.41, 5.74) is 1.30. The van der Waals surface area contributed by atoms with Gasteiger partial charge in [-0.25, -0.2) is 0 Å². The Bertz CT molecular complexity index is 520. The van der Waals surface area contributed by atoms with E-state index in [-0.39, 0.29) is 24.2 Å². The molecule has 0 saturated carbocycles. The third-order valence-corrected chi connectivity index (χ3v) is 4.55. The highest BCUT2D eigenvalue weighted by atomic mass is 19.4. The summed E-state index contributed by atoms with van der Waals surface area (Å²) >= 11 is 0. The van der Waals surface area contributed by atoms with Crippen molar-refractivity contribution in [3.05, 3.63) is 11.6 Å². The van der Waals surface area contributed by atoms with E-state index in [0.29, 0.717) is 13.1 Å². The Labute approximate surface area is 134 Å². The van der Waals surface area contributed by atoms with Gasteiger partial charge in [-0.05, 0) is 24.7 Å². The van der Waals surface area contributed by atoms with E-state index in [1.165, 1.54) is 5.57 Å². The summed E-state index contributed by atoms with van der Waals surface area (Å²) in [5, 5.41) is 1.93. The Morgan fingerprint density at radius 1 is 1.26 bits per heavy atom. The average molecular weight is 332 g/mol. The molecule has 2 atom stereocenters. The number of hydrogen-bond acceptors (Lipinski definition) is 2. The standard InChI is InChI=1S/C16H23F3N2O2/c1-15(2,3)10-6-8-21(9-7-10)14(23)11-4-5-12(16(17,18)19)20-13(11)22/h6,11-12H,4-5,7-9H2,1-3H3,(H,20,22)/t11-,12-/m1/s1. The van der Waals surface area contributed by atoms with E-state index in [2.05, 4.69) is 20.8 Å². The minimum atomic E-state index is -4.46. The summed E-state index contributed by atoms with van der Waals surface area (Å²) in [6.45, 7) is 7.22. The van der Waals surface area contributed by atoms with Gasteiger partial charge in [0.15, 0.2) is 0 Å². The van der Waals surface area contributed by atoms with Crippen molar-refractivity contribution >= 4 is 11.8 Å².